The second kappa shape index (κ2) is 4.72. The normalized spacial score (nSPS) is 20.5. The number of Topliss-reactive ketones (excluding diaryl/α,β-unsaturated/α-hetero) is 1. The van der Waals surface area contributed by atoms with Crippen molar-refractivity contribution in [2.75, 3.05) is 5.75 Å². The van der Waals surface area contributed by atoms with Crippen LogP contribution < -0.4 is 0 Å². The Labute approximate surface area is 101 Å². The van der Waals surface area contributed by atoms with Gasteiger partial charge in [0.25, 0.3) is 0 Å². The van der Waals surface area contributed by atoms with Crippen molar-refractivity contribution in [2.45, 2.75) is 24.3 Å². The molecule has 0 spiro atoms. The topological polar surface area (TPSA) is 17.1 Å². The van der Waals surface area contributed by atoms with Crippen molar-refractivity contribution in [1.29, 1.82) is 0 Å². The Bertz CT molecular complexity index is 422. The molecular weight excluding hydrogens is 249 g/mol. The number of halogens is 3. The molecular formula is C12H11F3OS. The Morgan fingerprint density at radius 1 is 1.29 bits per heavy atom. The summed E-state index contributed by atoms with van der Waals surface area (Å²) >= 11 is 1.45. The highest BCUT2D eigenvalue weighted by Crippen LogP contribution is 2.35. The van der Waals surface area contributed by atoms with E-state index in [4.69, 9.17) is 0 Å². The third-order valence-electron chi connectivity index (χ3n) is 2.72. The Hall–Kier alpha value is -0.970. The number of carbonyl (C=O) groups is 1. The summed E-state index contributed by atoms with van der Waals surface area (Å²) in [6.45, 7) is 0. The van der Waals surface area contributed by atoms with Gasteiger partial charge in [-0.3, -0.25) is 4.79 Å². The van der Waals surface area contributed by atoms with Crippen LogP contribution in [0.1, 0.15) is 28.8 Å². The first-order chi connectivity index (χ1) is 8.00. The van der Waals surface area contributed by atoms with Gasteiger partial charge < -0.3 is 0 Å². The number of benzene rings is 1. The van der Waals surface area contributed by atoms with Gasteiger partial charge in [0.15, 0.2) is 5.78 Å². The fraction of sp³-hybridized carbons (Fsp3) is 0.417. The van der Waals surface area contributed by atoms with Crippen LogP contribution >= 0.6 is 11.8 Å². The van der Waals surface area contributed by atoms with Gasteiger partial charge in [-0.1, -0.05) is 18.2 Å². The van der Waals surface area contributed by atoms with Crippen LogP contribution in [0.5, 0.6) is 0 Å². The average Bonchev–Trinajstić information content (AvgIpc) is 2.80. The first-order valence-electron chi connectivity index (χ1n) is 5.32. The van der Waals surface area contributed by atoms with Crippen molar-refractivity contribution in [3.8, 4) is 0 Å². The zero-order chi connectivity index (χ0) is 12.5. The lowest BCUT2D eigenvalue weighted by Gasteiger charge is -2.14. The maximum Gasteiger partial charge on any atom is 0.417 e. The maximum atomic E-state index is 12.7. The lowest BCUT2D eigenvalue weighted by molar-refractivity contribution is -0.137. The van der Waals surface area contributed by atoms with E-state index < -0.39 is 11.7 Å². The Balaban J connectivity index is 2.34. The smallest absolute Gasteiger partial charge is 0.293 e. The van der Waals surface area contributed by atoms with E-state index in [1.165, 1.54) is 30.0 Å². The molecule has 0 aliphatic carbocycles. The molecule has 1 fully saturated rings. The largest absolute Gasteiger partial charge is 0.417 e. The molecule has 1 atom stereocenters. The van der Waals surface area contributed by atoms with Crippen LogP contribution in [0.25, 0.3) is 0 Å². The van der Waals surface area contributed by atoms with Gasteiger partial charge in [0.05, 0.1) is 10.8 Å². The van der Waals surface area contributed by atoms with Gasteiger partial charge in [0, 0.05) is 5.56 Å². The molecule has 0 radical (unpaired) electrons. The van der Waals surface area contributed by atoms with Crippen molar-refractivity contribution in [1.82, 2.24) is 0 Å². The predicted octanol–water partition coefficient (Wildman–Crippen LogP) is 3.78. The van der Waals surface area contributed by atoms with Crippen LogP contribution in [0.15, 0.2) is 24.3 Å². The number of hydrogen-bond donors (Lipinski definition) is 0. The van der Waals surface area contributed by atoms with Crippen LogP contribution in [0, 0.1) is 0 Å². The molecule has 1 aromatic rings. The minimum Gasteiger partial charge on any atom is -0.293 e. The molecule has 1 nitrogen and oxygen atoms in total. The summed E-state index contributed by atoms with van der Waals surface area (Å²) in [7, 11) is 0. The van der Waals surface area contributed by atoms with Crippen molar-refractivity contribution in [2.24, 2.45) is 0 Å². The van der Waals surface area contributed by atoms with E-state index in [1.54, 1.807) is 0 Å². The number of alkyl halides is 3. The molecule has 0 N–H and O–H groups in total. The van der Waals surface area contributed by atoms with Gasteiger partial charge in [-0.05, 0) is 24.7 Å². The molecule has 0 bridgehead atoms. The number of thioether (sulfide) groups is 1. The van der Waals surface area contributed by atoms with E-state index in [2.05, 4.69) is 0 Å². The molecule has 1 saturated heterocycles. The van der Waals surface area contributed by atoms with Gasteiger partial charge in [-0.25, -0.2) is 0 Å². The molecule has 1 aromatic carbocycles. The van der Waals surface area contributed by atoms with E-state index in [1.807, 2.05) is 0 Å². The molecule has 0 aromatic heterocycles. The fourth-order valence-electron chi connectivity index (χ4n) is 1.90. The van der Waals surface area contributed by atoms with Crippen LogP contribution in [-0.4, -0.2) is 16.8 Å². The van der Waals surface area contributed by atoms with Crippen molar-refractivity contribution < 1.29 is 18.0 Å². The second-order valence-corrected chi connectivity index (χ2v) is 5.22. The monoisotopic (exact) mass is 260 g/mol. The van der Waals surface area contributed by atoms with E-state index in [-0.39, 0.29) is 16.6 Å². The molecule has 1 heterocycles. The first kappa shape index (κ1) is 12.5. The summed E-state index contributed by atoms with van der Waals surface area (Å²) in [4.78, 5) is 12.0. The molecule has 0 amide bonds. The third-order valence-corrected chi connectivity index (χ3v) is 4.10. The standard InChI is InChI=1S/C12H11F3OS/c13-12(14,15)9-5-2-1-4-8(9)11(16)10-6-3-7-17-10/h1-2,4-5,10H,3,6-7H2. The highest BCUT2D eigenvalue weighted by atomic mass is 32.2. The first-order valence-corrected chi connectivity index (χ1v) is 6.37. The molecule has 5 heteroatoms. The quantitative estimate of drug-likeness (QED) is 0.753. The van der Waals surface area contributed by atoms with E-state index in [9.17, 15) is 18.0 Å². The summed E-state index contributed by atoms with van der Waals surface area (Å²) in [5.41, 5.74) is -1.02. The average molecular weight is 260 g/mol. The molecule has 1 aliphatic rings. The number of ketones is 1. The van der Waals surface area contributed by atoms with Crippen LogP contribution in [-0.2, 0) is 6.18 Å². The lowest BCUT2D eigenvalue weighted by atomic mass is 9.99. The molecule has 1 unspecified atom stereocenters. The SMILES string of the molecule is O=C(c1ccccc1C(F)(F)F)C1CCCS1. The number of hydrogen-bond acceptors (Lipinski definition) is 2. The lowest BCUT2D eigenvalue weighted by Crippen LogP contribution is -2.19. The summed E-state index contributed by atoms with van der Waals surface area (Å²) in [5, 5.41) is -0.307. The van der Waals surface area contributed by atoms with Gasteiger partial charge in [0.2, 0.25) is 0 Å². The molecule has 17 heavy (non-hydrogen) atoms. The van der Waals surface area contributed by atoms with Gasteiger partial charge >= 0.3 is 6.18 Å². The molecule has 1 aliphatic heterocycles. The third kappa shape index (κ3) is 2.65. The Kier molecular flexibility index (Phi) is 3.47. The zero-order valence-corrected chi connectivity index (χ0v) is 9.77. The Morgan fingerprint density at radius 2 is 2.00 bits per heavy atom. The summed E-state index contributed by atoms with van der Waals surface area (Å²) in [6, 6.07) is 5.01. The second-order valence-electron chi connectivity index (χ2n) is 3.91. The fourth-order valence-corrected chi connectivity index (χ4v) is 3.13. The Morgan fingerprint density at radius 3 is 2.59 bits per heavy atom. The van der Waals surface area contributed by atoms with Crippen molar-refractivity contribution >= 4 is 17.5 Å². The van der Waals surface area contributed by atoms with Crippen molar-refractivity contribution in [3.63, 3.8) is 0 Å². The zero-order valence-electron chi connectivity index (χ0n) is 8.96. The van der Waals surface area contributed by atoms with Crippen LogP contribution in [0.2, 0.25) is 0 Å². The molecule has 2 rings (SSSR count). The highest BCUT2D eigenvalue weighted by Gasteiger charge is 2.36. The van der Waals surface area contributed by atoms with Gasteiger partial charge in [-0.15, -0.1) is 0 Å². The highest BCUT2D eigenvalue weighted by molar-refractivity contribution is 8.00. The summed E-state index contributed by atoms with van der Waals surface area (Å²) in [5.74, 6) is 0.463. The minimum atomic E-state index is -4.46. The van der Waals surface area contributed by atoms with E-state index in [0.717, 1.165) is 18.2 Å². The summed E-state index contributed by atoms with van der Waals surface area (Å²) in [6.07, 6.45) is -2.89. The summed E-state index contributed by atoms with van der Waals surface area (Å²) < 4.78 is 38.2. The number of rotatable bonds is 2. The van der Waals surface area contributed by atoms with E-state index >= 15 is 0 Å². The number of carbonyl (C=O) groups excluding carboxylic acids is 1. The van der Waals surface area contributed by atoms with E-state index in [0.29, 0.717) is 6.42 Å². The van der Waals surface area contributed by atoms with Crippen LogP contribution in [0.4, 0.5) is 13.2 Å². The van der Waals surface area contributed by atoms with Gasteiger partial charge in [-0.2, -0.15) is 24.9 Å². The predicted molar refractivity (Wildman–Crippen MR) is 61.3 cm³/mol. The van der Waals surface area contributed by atoms with Gasteiger partial charge in [0.1, 0.15) is 0 Å². The molecule has 92 valence electrons. The minimum absolute atomic E-state index is 0.195. The van der Waals surface area contributed by atoms with Crippen molar-refractivity contribution in [3.05, 3.63) is 35.4 Å². The maximum absolute atomic E-state index is 12.7. The van der Waals surface area contributed by atoms with Crippen LogP contribution in [0.3, 0.4) is 0 Å². The molecule has 0 saturated carbocycles.